The smallest absolute Gasteiger partial charge is 0.307 e. The number of nitrogens with zero attached hydrogens (tertiary/aromatic N) is 2. The van der Waals surface area contributed by atoms with E-state index in [1.54, 1.807) is 0 Å². The van der Waals surface area contributed by atoms with Crippen LogP contribution in [0.1, 0.15) is 39.5 Å². The molecule has 0 N–H and O–H groups in total. The molecule has 0 bridgehead atoms. The largest absolute Gasteiger partial charge is 0.466 e. The summed E-state index contributed by atoms with van der Waals surface area (Å²) in [5.74, 6) is -0.0591. The first kappa shape index (κ1) is 15.4. The maximum Gasteiger partial charge on any atom is 0.307 e. The zero-order valence-corrected chi connectivity index (χ0v) is 12.4. The van der Waals surface area contributed by atoms with Crippen molar-refractivity contribution >= 4 is 5.97 Å². The predicted octanol–water partition coefficient (Wildman–Crippen LogP) is 1.75. The third-order valence-electron chi connectivity index (χ3n) is 4.18. The first-order valence-electron chi connectivity index (χ1n) is 7.09. The average molecular weight is 256 g/mol. The molecule has 106 valence electrons. The van der Waals surface area contributed by atoms with Gasteiger partial charge in [0.25, 0.3) is 0 Å². The van der Waals surface area contributed by atoms with Gasteiger partial charge in [0.2, 0.25) is 0 Å². The third-order valence-corrected chi connectivity index (χ3v) is 4.18. The fraction of sp³-hybridized carbons (Fsp3) is 0.929. The second kappa shape index (κ2) is 7.10. The molecule has 1 aliphatic heterocycles. The Morgan fingerprint density at radius 2 is 2.00 bits per heavy atom. The van der Waals surface area contributed by atoms with Gasteiger partial charge in [-0.15, -0.1) is 0 Å². The number of esters is 1. The van der Waals surface area contributed by atoms with Crippen LogP contribution in [0, 0.1) is 0 Å². The van der Waals surface area contributed by atoms with Crippen LogP contribution >= 0.6 is 0 Å². The Kier molecular flexibility index (Phi) is 6.09. The minimum Gasteiger partial charge on any atom is -0.466 e. The molecule has 1 heterocycles. The van der Waals surface area contributed by atoms with Gasteiger partial charge in [-0.25, -0.2) is 0 Å². The Morgan fingerprint density at radius 1 is 1.28 bits per heavy atom. The quantitative estimate of drug-likeness (QED) is 0.702. The highest BCUT2D eigenvalue weighted by Crippen LogP contribution is 2.31. The highest BCUT2D eigenvalue weighted by molar-refractivity contribution is 5.70. The Hall–Kier alpha value is -0.610. The summed E-state index contributed by atoms with van der Waals surface area (Å²) in [4.78, 5) is 16.5. The van der Waals surface area contributed by atoms with Gasteiger partial charge < -0.3 is 14.5 Å². The van der Waals surface area contributed by atoms with Crippen LogP contribution in [-0.2, 0) is 9.53 Å². The second-order valence-electron chi connectivity index (χ2n) is 5.39. The van der Waals surface area contributed by atoms with Crippen LogP contribution in [0.5, 0.6) is 0 Å². The van der Waals surface area contributed by atoms with Gasteiger partial charge in [0.05, 0.1) is 13.0 Å². The summed E-state index contributed by atoms with van der Waals surface area (Å²) < 4.78 is 5.13. The van der Waals surface area contributed by atoms with E-state index in [1.807, 2.05) is 6.92 Å². The predicted molar refractivity (Wildman–Crippen MR) is 73.6 cm³/mol. The maximum atomic E-state index is 11.8. The topological polar surface area (TPSA) is 32.8 Å². The van der Waals surface area contributed by atoms with Crippen molar-refractivity contribution in [2.45, 2.75) is 45.1 Å². The molecule has 1 rings (SSSR count). The Labute approximate surface area is 111 Å². The van der Waals surface area contributed by atoms with Crippen molar-refractivity contribution in [1.29, 1.82) is 0 Å². The van der Waals surface area contributed by atoms with Crippen LogP contribution in [0.25, 0.3) is 0 Å². The lowest BCUT2D eigenvalue weighted by molar-refractivity contribution is -0.146. The van der Waals surface area contributed by atoms with Crippen molar-refractivity contribution in [2.24, 2.45) is 0 Å². The molecule has 0 amide bonds. The zero-order valence-electron chi connectivity index (χ0n) is 12.4. The molecule has 0 aromatic carbocycles. The summed E-state index contributed by atoms with van der Waals surface area (Å²) in [6.07, 6.45) is 3.80. The SMILES string of the molecule is CCOC(=O)CC1(N(C)C)CCCN(CC)CC1. The van der Waals surface area contributed by atoms with Crippen molar-refractivity contribution in [3.63, 3.8) is 0 Å². The van der Waals surface area contributed by atoms with Crippen LogP contribution < -0.4 is 0 Å². The fourth-order valence-corrected chi connectivity index (χ4v) is 2.81. The number of carbonyl (C=O) groups excluding carboxylic acids is 1. The van der Waals surface area contributed by atoms with E-state index < -0.39 is 0 Å². The number of hydrogen-bond acceptors (Lipinski definition) is 4. The van der Waals surface area contributed by atoms with Crippen LogP contribution in [0.15, 0.2) is 0 Å². The zero-order chi connectivity index (χ0) is 13.6. The standard InChI is InChI=1S/C14H28N2O2/c1-5-16-10-7-8-14(9-11-16,15(3)4)12-13(17)18-6-2/h5-12H2,1-4H3. The van der Waals surface area contributed by atoms with Crippen molar-refractivity contribution in [3.05, 3.63) is 0 Å². The first-order valence-corrected chi connectivity index (χ1v) is 7.09. The molecule has 1 aliphatic rings. The van der Waals surface area contributed by atoms with Crippen LogP contribution in [0.2, 0.25) is 0 Å². The van der Waals surface area contributed by atoms with Gasteiger partial charge in [0.15, 0.2) is 0 Å². The molecule has 18 heavy (non-hydrogen) atoms. The third kappa shape index (κ3) is 3.95. The number of ether oxygens (including phenoxy) is 1. The van der Waals surface area contributed by atoms with Gasteiger partial charge in [0.1, 0.15) is 0 Å². The molecule has 4 heteroatoms. The van der Waals surface area contributed by atoms with Crippen molar-refractivity contribution in [3.8, 4) is 0 Å². The molecule has 0 saturated carbocycles. The minimum absolute atomic E-state index is 0.0177. The Morgan fingerprint density at radius 3 is 2.56 bits per heavy atom. The van der Waals surface area contributed by atoms with Crippen LogP contribution in [-0.4, -0.2) is 61.6 Å². The lowest BCUT2D eigenvalue weighted by Crippen LogP contribution is -2.47. The summed E-state index contributed by atoms with van der Waals surface area (Å²) in [5.41, 5.74) is -0.0177. The van der Waals surface area contributed by atoms with Gasteiger partial charge >= 0.3 is 5.97 Å². The van der Waals surface area contributed by atoms with Gasteiger partial charge in [-0.2, -0.15) is 0 Å². The van der Waals surface area contributed by atoms with Crippen LogP contribution in [0.3, 0.4) is 0 Å². The number of rotatable bonds is 5. The van der Waals surface area contributed by atoms with Gasteiger partial charge in [-0.3, -0.25) is 4.79 Å². The lowest BCUT2D eigenvalue weighted by Gasteiger charge is -2.38. The van der Waals surface area contributed by atoms with E-state index in [0.29, 0.717) is 13.0 Å². The van der Waals surface area contributed by atoms with E-state index >= 15 is 0 Å². The molecule has 0 aromatic heterocycles. The summed E-state index contributed by atoms with van der Waals surface area (Å²) in [5, 5.41) is 0. The molecule has 0 spiro atoms. The van der Waals surface area contributed by atoms with Crippen LogP contribution in [0.4, 0.5) is 0 Å². The van der Waals surface area contributed by atoms with Crippen molar-refractivity contribution < 1.29 is 9.53 Å². The second-order valence-corrected chi connectivity index (χ2v) is 5.39. The highest BCUT2D eigenvalue weighted by Gasteiger charge is 2.37. The Balaban J connectivity index is 2.71. The van der Waals surface area contributed by atoms with Crippen molar-refractivity contribution in [1.82, 2.24) is 9.80 Å². The molecule has 0 aromatic rings. The summed E-state index contributed by atoms with van der Waals surface area (Å²) in [6.45, 7) is 7.87. The molecule has 1 saturated heterocycles. The highest BCUT2D eigenvalue weighted by atomic mass is 16.5. The minimum atomic E-state index is -0.0591. The molecular formula is C14H28N2O2. The molecule has 1 atom stereocenters. The van der Waals surface area contributed by atoms with Gasteiger partial charge in [-0.1, -0.05) is 6.92 Å². The van der Waals surface area contributed by atoms with Crippen molar-refractivity contribution in [2.75, 3.05) is 40.3 Å². The number of hydrogen-bond donors (Lipinski definition) is 0. The Bertz CT molecular complexity index is 269. The number of carbonyl (C=O) groups is 1. The van der Waals surface area contributed by atoms with E-state index in [9.17, 15) is 4.79 Å². The molecule has 1 fully saturated rings. The average Bonchev–Trinajstić information content (AvgIpc) is 2.52. The van der Waals surface area contributed by atoms with E-state index in [0.717, 1.165) is 38.9 Å². The summed E-state index contributed by atoms with van der Waals surface area (Å²) in [7, 11) is 4.17. The first-order chi connectivity index (χ1) is 8.54. The van der Waals surface area contributed by atoms with Gasteiger partial charge in [-0.05, 0) is 59.9 Å². The van der Waals surface area contributed by atoms with E-state index in [1.165, 1.54) is 0 Å². The van der Waals surface area contributed by atoms with E-state index in [2.05, 4.69) is 30.8 Å². The maximum absolute atomic E-state index is 11.8. The monoisotopic (exact) mass is 256 g/mol. The summed E-state index contributed by atoms with van der Waals surface area (Å²) in [6, 6.07) is 0. The van der Waals surface area contributed by atoms with E-state index in [-0.39, 0.29) is 11.5 Å². The molecule has 0 radical (unpaired) electrons. The summed E-state index contributed by atoms with van der Waals surface area (Å²) >= 11 is 0. The fourth-order valence-electron chi connectivity index (χ4n) is 2.81. The lowest BCUT2D eigenvalue weighted by atomic mass is 9.86. The molecular weight excluding hydrogens is 228 g/mol. The molecule has 1 unspecified atom stereocenters. The van der Waals surface area contributed by atoms with E-state index in [4.69, 9.17) is 4.74 Å². The molecule has 0 aliphatic carbocycles. The van der Waals surface area contributed by atoms with Gasteiger partial charge in [0, 0.05) is 5.54 Å². The molecule has 4 nitrogen and oxygen atoms in total. The normalized spacial score (nSPS) is 26.1. The number of likely N-dealkylation sites (tertiary alicyclic amines) is 1.